The molecule has 1 fully saturated rings. The predicted molar refractivity (Wildman–Crippen MR) is 118 cm³/mol. The van der Waals surface area contributed by atoms with Gasteiger partial charge in [-0.05, 0) is 37.1 Å². The highest BCUT2D eigenvalue weighted by Crippen LogP contribution is 2.38. The Labute approximate surface area is 184 Å². The highest BCUT2D eigenvalue weighted by molar-refractivity contribution is 7.98. The fourth-order valence-corrected chi connectivity index (χ4v) is 5.00. The van der Waals surface area contributed by atoms with Crippen LogP contribution in [0.5, 0.6) is 5.75 Å². The van der Waals surface area contributed by atoms with Gasteiger partial charge in [0.2, 0.25) is 5.76 Å². The van der Waals surface area contributed by atoms with Crippen LogP contribution in [0.15, 0.2) is 62.8 Å². The van der Waals surface area contributed by atoms with Crippen molar-refractivity contribution in [3.8, 4) is 28.7 Å². The molecule has 160 valence electrons. The Balaban J connectivity index is 1.43. The summed E-state index contributed by atoms with van der Waals surface area (Å²) in [6.07, 6.45) is 7.65. The number of hydrogen-bond acceptors (Lipinski definition) is 7. The van der Waals surface area contributed by atoms with E-state index in [0.717, 1.165) is 40.8 Å². The van der Waals surface area contributed by atoms with Crippen LogP contribution in [0.25, 0.3) is 22.9 Å². The van der Waals surface area contributed by atoms with Gasteiger partial charge in [-0.15, -0.1) is 10.2 Å². The number of ether oxygens (including phenoxy) is 1. The van der Waals surface area contributed by atoms with Gasteiger partial charge in [-0.2, -0.15) is 0 Å². The SMILES string of the molecule is COc1ccccc1-c1nnc(SCc2cc(-c3ccco3)on2)n1C1CCCCC1. The first-order valence-electron chi connectivity index (χ1n) is 10.5. The Morgan fingerprint density at radius 1 is 1.06 bits per heavy atom. The van der Waals surface area contributed by atoms with Crippen molar-refractivity contribution in [3.63, 3.8) is 0 Å². The van der Waals surface area contributed by atoms with Crippen molar-refractivity contribution in [2.45, 2.75) is 49.1 Å². The third-order valence-electron chi connectivity index (χ3n) is 5.62. The largest absolute Gasteiger partial charge is 0.496 e. The van der Waals surface area contributed by atoms with E-state index in [9.17, 15) is 0 Å². The summed E-state index contributed by atoms with van der Waals surface area (Å²) >= 11 is 1.63. The molecule has 0 bridgehead atoms. The number of rotatable bonds is 7. The number of aromatic nitrogens is 4. The standard InChI is InChI=1S/C23H24N4O3S/c1-28-19-11-6-5-10-18(19)22-24-25-23(27(22)17-8-3-2-4-9-17)31-15-16-14-21(30-26-16)20-12-7-13-29-20/h5-7,10-14,17H,2-4,8-9,15H2,1H3. The Hall–Kier alpha value is -3.00. The van der Waals surface area contributed by atoms with Gasteiger partial charge >= 0.3 is 0 Å². The van der Waals surface area contributed by atoms with Gasteiger partial charge in [0.05, 0.1) is 24.6 Å². The van der Waals surface area contributed by atoms with Gasteiger partial charge in [0.15, 0.2) is 16.7 Å². The number of thioether (sulfide) groups is 1. The van der Waals surface area contributed by atoms with E-state index in [1.165, 1.54) is 19.3 Å². The summed E-state index contributed by atoms with van der Waals surface area (Å²) in [5.41, 5.74) is 1.81. The van der Waals surface area contributed by atoms with Crippen molar-refractivity contribution >= 4 is 11.8 Å². The van der Waals surface area contributed by atoms with E-state index in [1.54, 1.807) is 25.1 Å². The van der Waals surface area contributed by atoms with Gasteiger partial charge in [0.1, 0.15) is 5.75 Å². The smallest absolute Gasteiger partial charge is 0.202 e. The van der Waals surface area contributed by atoms with Gasteiger partial charge in [-0.25, -0.2) is 0 Å². The van der Waals surface area contributed by atoms with Gasteiger partial charge in [0, 0.05) is 17.9 Å². The maximum Gasteiger partial charge on any atom is 0.202 e. The second kappa shape index (κ2) is 9.01. The number of methoxy groups -OCH3 is 1. The van der Waals surface area contributed by atoms with Gasteiger partial charge in [0.25, 0.3) is 0 Å². The summed E-state index contributed by atoms with van der Waals surface area (Å²) in [4.78, 5) is 0. The lowest BCUT2D eigenvalue weighted by Crippen LogP contribution is -2.15. The molecule has 0 aliphatic heterocycles. The monoisotopic (exact) mass is 436 g/mol. The summed E-state index contributed by atoms with van der Waals surface area (Å²) in [6.45, 7) is 0. The zero-order valence-electron chi connectivity index (χ0n) is 17.4. The molecular weight excluding hydrogens is 412 g/mol. The summed E-state index contributed by atoms with van der Waals surface area (Å²) in [7, 11) is 1.69. The van der Waals surface area contributed by atoms with Crippen LogP contribution >= 0.6 is 11.8 Å². The molecule has 0 atom stereocenters. The molecule has 1 aromatic carbocycles. The van der Waals surface area contributed by atoms with Crippen LogP contribution in [-0.2, 0) is 5.75 Å². The van der Waals surface area contributed by atoms with Crippen LogP contribution in [0.4, 0.5) is 0 Å². The number of para-hydroxylation sites is 1. The Kier molecular flexibility index (Phi) is 5.80. The van der Waals surface area contributed by atoms with E-state index in [1.807, 2.05) is 42.5 Å². The highest BCUT2D eigenvalue weighted by atomic mass is 32.2. The topological polar surface area (TPSA) is 79.1 Å². The maximum absolute atomic E-state index is 5.60. The Morgan fingerprint density at radius 2 is 1.94 bits per heavy atom. The lowest BCUT2D eigenvalue weighted by molar-refractivity contribution is 0.338. The molecule has 0 saturated heterocycles. The predicted octanol–water partition coefficient (Wildman–Crippen LogP) is 6.00. The molecule has 1 aliphatic rings. The van der Waals surface area contributed by atoms with Gasteiger partial charge in [-0.1, -0.05) is 48.3 Å². The Morgan fingerprint density at radius 3 is 2.74 bits per heavy atom. The van der Waals surface area contributed by atoms with Crippen molar-refractivity contribution in [2.75, 3.05) is 7.11 Å². The molecule has 0 amide bonds. The second-order valence-corrected chi connectivity index (χ2v) is 8.56. The third kappa shape index (κ3) is 4.12. The first-order valence-corrected chi connectivity index (χ1v) is 11.5. The Bertz CT molecular complexity index is 1130. The minimum absolute atomic E-state index is 0.391. The van der Waals surface area contributed by atoms with Crippen LogP contribution < -0.4 is 4.74 Å². The average molecular weight is 437 g/mol. The van der Waals surface area contributed by atoms with E-state index >= 15 is 0 Å². The van der Waals surface area contributed by atoms with Crippen LogP contribution in [-0.4, -0.2) is 27.0 Å². The summed E-state index contributed by atoms with van der Waals surface area (Å²) < 4.78 is 18.7. The first-order chi connectivity index (χ1) is 15.3. The molecule has 1 aliphatic carbocycles. The van der Waals surface area contributed by atoms with Crippen molar-refractivity contribution in [2.24, 2.45) is 0 Å². The van der Waals surface area contributed by atoms with E-state index in [0.29, 0.717) is 23.3 Å². The fraction of sp³-hybridized carbons (Fsp3) is 0.348. The zero-order chi connectivity index (χ0) is 21.0. The quantitative estimate of drug-likeness (QED) is 0.329. The maximum atomic E-state index is 5.60. The molecular formula is C23H24N4O3S. The van der Waals surface area contributed by atoms with Crippen LogP contribution in [0.2, 0.25) is 0 Å². The number of hydrogen-bond donors (Lipinski definition) is 0. The molecule has 1 saturated carbocycles. The van der Waals surface area contributed by atoms with Crippen LogP contribution in [0.3, 0.4) is 0 Å². The first kappa shape index (κ1) is 19.9. The molecule has 31 heavy (non-hydrogen) atoms. The molecule has 0 N–H and O–H groups in total. The van der Waals surface area contributed by atoms with Crippen LogP contribution in [0.1, 0.15) is 43.8 Å². The number of furan rings is 1. The molecule has 3 heterocycles. The zero-order valence-corrected chi connectivity index (χ0v) is 18.2. The van der Waals surface area contributed by atoms with E-state index in [2.05, 4.69) is 19.9 Å². The van der Waals surface area contributed by atoms with E-state index in [4.69, 9.17) is 13.7 Å². The molecule has 8 heteroatoms. The summed E-state index contributed by atoms with van der Waals surface area (Å²) in [6, 6.07) is 14.0. The van der Waals surface area contributed by atoms with Crippen molar-refractivity contribution in [1.82, 2.24) is 19.9 Å². The lowest BCUT2D eigenvalue weighted by Gasteiger charge is -2.25. The normalized spacial score (nSPS) is 14.7. The molecule has 0 unspecified atom stereocenters. The highest BCUT2D eigenvalue weighted by Gasteiger charge is 2.25. The number of nitrogens with zero attached hydrogens (tertiary/aromatic N) is 4. The average Bonchev–Trinajstić information content (AvgIpc) is 3.58. The summed E-state index contributed by atoms with van der Waals surface area (Å²) in [5.74, 6) is 3.61. The minimum Gasteiger partial charge on any atom is -0.496 e. The van der Waals surface area contributed by atoms with Gasteiger partial charge < -0.3 is 13.7 Å². The molecule has 4 aromatic rings. The van der Waals surface area contributed by atoms with Crippen molar-refractivity contribution in [3.05, 3.63) is 54.4 Å². The van der Waals surface area contributed by atoms with Crippen molar-refractivity contribution < 1.29 is 13.7 Å². The van der Waals surface area contributed by atoms with Crippen molar-refractivity contribution in [1.29, 1.82) is 0 Å². The summed E-state index contributed by atoms with van der Waals surface area (Å²) in [5, 5.41) is 14.2. The molecule has 3 aromatic heterocycles. The van der Waals surface area contributed by atoms with E-state index < -0.39 is 0 Å². The third-order valence-corrected chi connectivity index (χ3v) is 6.60. The van der Waals surface area contributed by atoms with E-state index in [-0.39, 0.29) is 0 Å². The molecule has 0 radical (unpaired) electrons. The number of benzene rings is 1. The lowest BCUT2D eigenvalue weighted by atomic mass is 9.95. The minimum atomic E-state index is 0.391. The fourth-order valence-electron chi connectivity index (χ4n) is 4.11. The molecule has 5 rings (SSSR count). The molecule has 0 spiro atoms. The second-order valence-electron chi connectivity index (χ2n) is 7.62. The molecule has 7 nitrogen and oxygen atoms in total. The van der Waals surface area contributed by atoms with Crippen LogP contribution in [0, 0.1) is 0 Å². The van der Waals surface area contributed by atoms with Gasteiger partial charge in [-0.3, -0.25) is 4.57 Å².